The molecular formula is C17H22N2O2. The van der Waals surface area contributed by atoms with Gasteiger partial charge < -0.3 is 10.2 Å². The Morgan fingerprint density at radius 3 is 2.57 bits per heavy atom. The molecule has 1 fully saturated rings. The lowest BCUT2D eigenvalue weighted by atomic mass is 9.87. The number of hydrogen-bond donors (Lipinski definition) is 1. The second-order valence-electron chi connectivity index (χ2n) is 6.27. The zero-order valence-electron chi connectivity index (χ0n) is 12.6. The molecular weight excluding hydrogens is 264 g/mol. The number of likely N-dealkylation sites (tertiary alicyclic amines) is 1. The summed E-state index contributed by atoms with van der Waals surface area (Å²) < 4.78 is 0. The summed E-state index contributed by atoms with van der Waals surface area (Å²) in [6.07, 6.45) is 3.53. The highest BCUT2D eigenvalue weighted by molar-refractivity contribution is 6.01. The highest BCUT2D eigenvalue weighted by atomic mass is 16.2. The average Bonchev–Trinajstić information content (AvgIpc) is 2.46. The quantitative estimate of drug-likeness (QED) is 0.863. The van der Waals surface area contributed by atoms with Gasteiger partial charge in [-0.1, -0.05) is 18.2 Å². The van der Waals surface area contributed by atoms with E-state index in [0.717, 1.165) is 24.1 Å². The Morgan fingerprint density at radius 2 is 1.86 bits per heavy atom. The molecule has 4 heteroatoms. The molecule has 2 aliphatic rings. The molecule has 2 aliphatic heterocycles. The number of carbonyl (C=O) groups is 2. The number of fused-ring (bicyclic) bond motifs is 1. The largest absolute Gasteiger partial charge is 0.337 e. The van der Waals surface area contributed by atoms with Crippen LogP contribution in [0.3, 0.4) is 0 Å². The normalized spacial score (nSPS) is 28.8. The summed E-state index contributed by atoms with van der Waals surface area (Å²) in [5.41, 5.74) is 1.73. The van der Waals surface area contributed by atoms with Crippen molar-refractivity contribution in [2.45, 2.75) is 57.5 Å². The predicted octanol–water partition coefficient (Wildman–Crippen LogP) is 2.90. The number of nitrogens with zero attached hydrogens (tertiary/aromatic N) is 1. The van der Waals surface area contributed by atoms with Crippen molar-refractivity contribution in [1.29, 1.82) is 0 Å². The van der Waals surface area contributed by atoms with Crippen LogP contribution in [-0.2, 0) is 9.59 Å². The minimum absolute atomic E-state index is 0.0654. The number of amides is 2. The fourth-order valence-electron chi connectivity index (χ4n) is 3.67. The van der Waals surface area contributed by atoms with Crippen molar-refractivity contribution >= 4 is 17.5 Å². The fourth-order valence-corrected chi connectivity index (χ4v) is 3.67. The monoisotopic (exact) mass is 286 g/mol. The van der Waals surface area contributed by atoms with Crippen molar-refractivity contribution in [3.8, 4) is 0 Å². The van der Waals surface area contributed by atoms with Gasteiger partial charge in [0.1, 0.15) is 0 Å². The summed E-state index contributed by atoms with van der Waals surface area (Å²) in [5.74, 6) is -0.292. The van der Waals surface area contributed by atoms with Gasteiger partial charge in [0.2, 0.25) is 11.8 Å². The number of piperidine rings is 1. The van der Waals surface area contributed by atoms with E-state index in [2.05, 4.69) is 19.2 Å². The summed E-state index contributed by atoms with van der Waals surface area (Å²) in [5, 5.41) is 2.86. The van der Waals surface area contributed by atoms with Gasteiger partial charge in [-0.2, -0.15) is 0 Å². The first-order valence-electron chi connectivity index (χ1n) is 7.79. The average molecular weight is 286 g/mol. The summed E-state index contributed by atoms with van der Waals surface area (Å²) in [7, 11) is 0. The van der Waals surface area contributed by atoms with Crippen LogP contribution in [0.15, 0.2) is 24.3 Å². The first-order valence-corrected chi connectivity index (χ1v) is 7.79. The molecule has 21 heavy (non-hydrogen) atoms. The molecule has 3 rings (SSSR count). The van der Waals surface area contributed by atoms with Crippen LogP contribution < -0.4 is 5.32 Å². The Morgan fingerprint density at radius 1 is 1.19 bits per heavy atom. The highest BCUT2D eigenvalue weighted by Crippen LogP contribution is 2.35. The fraction of sp³-hybridized carbons (Fsp3) is 0.529. The van der Waals surface area contributed by atoms with E-state index in [1.54, 1.807) is 0 Å². The molecule has 0 aromatic heterocycles. The lowest BCUT2D eigenvalue weighted by Crippen LogP contribution is -2.50. The minimum Gasteiger partial charge on any atom is -0.337 e. The Hall–Kier alpha value is -1.84. The van der Waals surface area contributed by atoms with Gasteiger partial charge in [-0.05, 0) is 44.7 Å². The third kappa shape index (κ3) is 2.55. The minimum atomic E-state index is -0.335. The number of carbonyl (C=O) groups excluding carboxylic acids is 2. The first kappa shape index (κ1) is 14.1. The van der Waals surface area contributed by atoms with Crippen molar-refractivity contribution in [2.75, 3.05) is 5.32 Å². The maximum absolute atomic E-state index is 13.0. The molecule has 1 aromatic carbocycles. The number of rotatable bonds is 1. The molecule has 112 valence electrons. The molecule has 1 N–H and O–H groups in total. The van der Waals surface area contributed by atoms with Gasteiger partial charge in [0.25, 0.3) is 0 Å². The molecule has 4 nitrogen and oxygen atoms in total. The molecule has 0 radical (unpaired) electrons. The van der Waals surface area contributed by atoms with Crippen molar-refractivity contribution in [2.24, 2.45) is 0 Å². The molecule has 0 aliphatic carbocycles. The lowest BCUT2D eigenvalue weighted by Gasteiger charge is -2.41. The Balaban J connectivity index is 1.92. The van der Waals surface area contributed by atoms with Crippen LogP contribution in [0.25, 0.3) is 0 Å². The molecule has 2 amide bonds. The van der Waals surface area contributed by atoms with Crippen molar-refractivity contribution in [3.05, 3.63) is 29.8 Å². The third-order valence-corrected chi connectivity index (χ3v) is 4.75. The van der Waals surface area contributed by atoms with Crippen LogP contribution in [0.1, 0.15) is 51.0 Å². The van der Waals surface area contributed by atoms with Crippen LogP contribution in [0.2, 0.25) is 0 Å². The van der Waals surface area contributed by atoms with Crippen LogP contribution in [0.5, 0.6) is 0 Å². The Labute approximate surface area is 125 Å². The predicted molar refractivity (Wildman–Crippen MR) is 82.1 cm³/mol. The van der Waals surface area contributed by atoms with Crippen LogP contribution in [-0.4, -0.2) is 28.8 Å². The molecule has 2 heterocycles. The standard InChI is InChI=1S/C17H22N2O2/c1-11-6-5-7-12(2)19(11)17(21)14-10-16(20)18-15-9-4-3-8-13(14)15/h3-4,8-9,11-12,14H,5-7,10H2,1-2H3,(H,18,20). The third-order valence-electron chi connectivity index (χ3n) is 4.75. The topological polar surface area (TPSA) is 49.4 Å². The van der Waals surface area contributed by atoms with E-state index in [-0.39, 0.29) is 36.2 Å². The molecule has 3 atom stereocenters. The van der Waals surface area contributed by atoms with Crippen molar-refractivity contribution in [3.63, 3.8) is 0 Å². The van der Waals surface area contributed by atoms with E-state index < -0.39 is 0 Å². The number of nitrogens with one attached hydrogen (secondary N) is 1. The van der Waals surface area contributed by atoms with Crippen LogP contribution in [0, 0.1) is 0 Å². The summed E-state index contributed by atoms with van der Waals surface area (Å²) >= 11 is 0. The smallest absolute Gasteiger partial charge is 0.231 e. The van der Waals surface area contributed by atoms with Crippen molar-refractivity contribution < 1.29 is 9.59 Å². The molecule has 1 aromatic rings. The van der Waals surface area contributed by atoms with Gasteiger partial charge in [0.15, 0.2) is 0 Å². The molecule has 0 saturated carbocycles. The number of benzene rings is 1. The maximum Gasteiger partial charge on any atom is 0.231 e. The van der Waals surface area contributed by atoms with Gasteiger partial charge in [0.05, 0.1) is 5.92 Å². The van der Waals surface area contributed by atoms with E-state index in [0.29, 0.717) is 0 Å². The number of anilines is 1. The van der Waals surface area contributed by atoms with E-state index in [1.165, 1.54) is 6.42 Å². The summed E-state index contributed by atoms with van der Waals surface area (Å²) in [6.45, 7) is 4.23. The number of para-hydroxylation sites is 1. The summed E-state index contributed by atoms with van der Waals surface area (Å²) in [4.78, 5) is 26.9. The van der Waals surface area contributed by atoms with Gasteiger partial charge in [-0.25, -0.2) is 0 Å². The lowest BCUT2D eigenvalue weighted by molar-refractivity contribution is -0.140. The van der Waals surface area contributed by atoms with Gasteiger partial charge in [-0.3, -0.25) is 9.59 Å². The molecule has 0 bridgehead atoms. The van der Waals surface area contributed by atoms with Gasteiger partial charge in [-0.15, -0.1) is 0 Å². The molecule has 1 saturated heterocycles. The zero-order valence-corrected chi connectivity index (χ0v) is 12.6. The van der Waals surface area contributed by atoms with Crippen molar-refractivity contribution in [1.82, 2.24) is 4.90 Å². The highest BCUT2D eigenvalue weighted by Gasteiger charge is 2.37. The first-order chi connectivity index (χ1) is 10.1. The molecule has 0 spiro atoms. The zero-order chi connectivity index (χ0) is 15.0. The summed E-state index contributed by atoms with van der Waals surface area (Å²) in [6, 6.07) is 8.17. The molecule has 3 unspecified atom stereocenters. The Kier molecular flexibility index (Phi) is 3.70. The Bertz CT molecular complexity index is 560. The second kappa shape index (κ2) is 5.51. The van der Waals surface area contributed by atoms with E-state index in [9.17, 15) is 9.59 Å². The van der Waals surface area contributed by atoms with Crippen LogP contribution in [0.4, 0.5) is 5.69 Å². The second-order valence-corrected chi connectivity index (χ2v) is 6.27. The SMILES string of the molecule is CC1CCCC(C)N1C(=O)C1CC(=O)Nc2ccccc21. The number of hydrogen-bond acceptors (Lipinski definition) is 2. The van der Waals surface area contributed by atoms with Gasteiger partial charge >= 0.3 is 0 Å². The van der Waals surface area contributed by atoms with E-state index in [1.807, 2.05) is 29.2 Å². The maximum atomic E-state index is 13.0. The van der Waals surface area contributed by atoms with E-state index in [4.69, 9.17) is 0 Å². The van der Waals surface area contributed by atoms with Crippen LogP contribution >= 0.6 is 0 Å². The van der Waals surface area contributed by atoms with E-state index >= 15 is 0 Å². The van der Waals surface area contributed by atoms with Gasteiger partial charge in [0, 0.05) is 24.2 Å².